The molecule has 0 unspecified atom stereocenters. The molecule has 2 rings (SSSR count). The second-order valence-corrected chi connectivity index (χ2v) is 4.75. The van der Waals surface area contributed by atoms with Gasteiger partial charge in [-0.1, -0.05) is 0 Å². The first-order chi connectivity index (χ1) is 11.0. The Balaban J connectivity index is 1.79. The molecular formula is C11H17N5O7. The summed E-state index contributed by atoms with van der Waals surface area (Å²) in [6, 6.07) is 0. The minimum absolute atomic E-state index is 0.0357. The van der Waals surface area contributed by atoms with Crippen molar-refractivity contribution in [2.24, 2.45) is 5.28 Å². The normalized spacial score (nSPS) is 19.3. The van der Waals surface area contributed by atoms with Crippen molar-refractivity contribution in [3.05, 3.63) is 5.21 Å². The van der Waals surface area contributed by atoms with Crippen molar-refractivity contribution < 1.29 is 33.8 Å². The highest BCUT2D eigenvalue weighted by molar-refractivity contribution is 6.01. The van der Waals surface area contributed by atoms with Crippen LogP contribution in [0.5, 0.6) is 0 Å². The molecule has 0 aromatic carbocycles. The molecule has 0 aromatic rings. The Hall–Kier alpha value is -2.63. The van der Waals surface area contributed by atoms with Gasteiger partial charge in [0.2, 0.25) is 12.1 Å². The van der Waals surface area contributed by atoms with Gasteiger partial charge in [0.05, 0.1) is 18.1 Å². The first kappa shape index (κ1) is 16.7. The Morgan fingerprint density at radius 3 is 2.39 bits per heavy atom. The maximum atomic E-state index is 11.9. The van der Waals surface area contributed by atoms with Gasteiger partial charge in [0.15, 0.2) is 0 Å². The van der Waals surface area contributed by atoms with Crippen molar-refractivity contribution in [1.29, 1.82) is 0 Å². The lowest BCUT2D eigenvalue weighted by Gasteiger charge is -2.31. The summed E-state index contributed by atoms with van der Waals surface area (Å²) in [6.45, 7) is 0.588. The molecule has 2 aliphatic rings. The quantitative estimate of drug-likeness (QED) is 0.160. The van der Waals surface area contributed by atoms with Crippen LogP contribution in [0.3, 0.4) is 0 Å². The molecule has 0 saturated carbocycles. The summed E-state index contributed by atoms with van der Waals surface area (Å²) in [7, 11) is 1.39. The predicted octanol–water partition coefficient (Wildman–Crippen LogP) is -0.782. The molecule has 12 heteroatoms. The van der Waals surface area contributed by atoms with Gasteiger partial charge in [-0.15, -0.1) is 10.1 Å². The molecule has 0 N–H and O–H groups in total. The third kappa shape index (κ3) is 4.18. The molecule has 2 aliphatic heterocycles. The summed E-state index contributed by atoms with van der Waals surface area (Å²) < 4.78 is 4.58. The number of methoxy groups -OCH3 is 1. The molecule has 0 spiro atoms. The topological polar surface area (TPSA) is 127 Å². The number of piperazine rings is 1. The molecule has 0 radical (unpaired) electrons. The van der Waals surface area contributed by atoms with Gasteiger partial charge < -0.3 is 24.5 Å². The zero-order valence-corrected chi connectivity index (χ0v) is 12.5. The van der Waals surface area contributed by atoms with Gasteiger partial charge in [0.1, 0.15) is 0 Å². The summed E-state index contributed by atoms with van der Waals surface area (Å²) in [5, 5.41) is 16.6. The molecule has 0 atom stereocenters. The molecular weight excluding hydrogens is 314 g/mol. The van der Waals surface area contributed by atoms with Gasteiger partial charge >= 0.3 is 6.09 Å². The summed E-state index contributed by atoms with van der Waals surface area (Å²) in [4.78, 5) is 45.6. The van der Waals surface area contributed by atoms with Crippen LogP contribution in [0.2, 0.25) is 0 Å². The van der Waals surface area contributed by atoms with E-state index in [2.05, 4.69) is 14.9 Å². The van der Waals surface area contributed by atoms with E-state index in [4.69, 9.17) is 4.84 Å². The van der Waals surface area contributed by atoms with Gasteiger partial charge in [-0.05, 0) is 0 Å². The van der Waals surface area contributed by atoms with E-state index in [1.54, 1.807) is 0 Å². The van der Waals surface area contributed by atoms with Crippen molar-refractivity contribution in [1.82, 2.24) is 15.0 Å². The van der Waals surface area contributed by atoms with Crippen LogP contribution < -0.4 is 0 Å². The molecule has 128 valence electrons. The average Bonchev–Trinajstić information content (AvgIpc) is 2.87. The zero-order valence-electron chi connectivity index (χ0n) is 12.5. The van der Waals surface area contributed by atoms with E-state index in [9.17, 15) is 19.6 Å². The van der Waals surface area contributed by atoms with Gasteiger partial charge in [0, 0.05) is 33.0 Å². The third-order valence-corrected chi connectivity index (χ3v) is 3.23. The first-order valence-corrected chi connectivity index (χ1v) is 6.89. The summed E-state index contributed by atoms with van der Waals surface area (Å²) in [5.74, 6) is -1.08. The highest BCUT2D eigenvalue weighted by Crippen LogP contribution is 2.14. The maximum absolute atomic E-state index is 11.9. The highest BCUT2D eigenvalue weighted by Gasteiger charge is 2.35. The molecule has 2 heterocycles. The van der Waals surface area contributed by atoms with Crippen molar-refractivity contribution in [3.63, 3.8) is 0 Å². The number of ether oxygens (including phenoxy) is 1. The van der Waals surface area contributed by atoms with Crippen molar-refractivity contribution in [3.8, 4) is 0 Å². The van der Waals surface area contributed by atoms with E-state index >= 15 is 0 Å². The number of rotatable bonds is 5. The van der Waals surface area contributed by atoms with Crippen LogP contribution in [0.1, 0.15) is 12.8 Å². The van der Waals surface area contributed by atoms with Crippen molar-refractivity contribution in [2.45, 2.75) is 12.8 Å². The van der Waals surface area contributed by atoms with Crippen molar-refractivity contribution in [2.75, 3.05) is 40.1 Å². The maximum Gasteiger partial charge on any atom is 0.434 e. The largest absolute Gasteiger partial charge is 0.569 e. The van der Waals surface area contributed by atoms with Crippen molar-refractivity contribution >= 4 is 17.9 Å². The van der Waals surface area contributed by atoms with Gasteiger partial charge in [-0.2, -0.15) is 0 Å². The van der Waals surface area contributed by atoms with E-state index in [1.165, 1.54) is 17.0 Å². The fourth-order valence-corrected chi connectivity index (χ4v) is 2.02. The Kier molecular flexibility index (Phi) is 5.51. The number of hydrogen-bond donors (Lipinski definition) is 0. The number of carbonyl (C=O) groups is 3. The molecule has 0 aromatic heterocycles. The Labute approximate surface area is 131 Å². The van der Waals surface area contributed by atoms with E-state index in [0.29, 0.717) is 5.06 Å². The van der Waals surface area contributed by atoms with Gasteiger partial charge in [-0.3, -0.25) is 9.59 Å². The monoisotopic (exact) mass is 331 g/mol. The number of imide groups is 1. The number of nitrogens with zero attached hydrogens (tertiary/aromatic N) is 5. The minimum Gasteiger partial charge on any atom is -0.569 e. The summed E-state index contributed by atoms with van der Waals surface area (Å²) >= 11 is 0. The Bertz CT molecular complexity index is 487. The lowest BCUT2D eigenvalue weighted by Crippen LogP contribution is -2.52. The van der Waals surface area contributed by atoms with Crippen LogP contribution in [0.15, 0.2) is 5.28 Å². The van der Waals surface area contributed by atoms with Gasteiger partial charge in [-0.25, -0.2) is 4.79 Å². The summed E-state index contributed by atoms with van der Waals surface area (Å²) in [6.07, 6.45) is -0.736. The molecule has 2 fully saturated rings. The van der Waals surface area contributed by atoms with Crippen LogP contribution in [-0.4, -0.2) is 77.9 Å². The van der Waals surface area contributed by atoms with Crippen LogP contribution in [-0.2, 0) is 24.0 Å². The number of amides is 3. The van der Waals surface area contributed by atoms with Crippen LogP contribution in [0.25, 0.3) is 0 Å². The van der Waals surface area contributed by atoms with Crippen LogP contribution in [0.4, 0.5) is 4.79 Å². The molecule has 0 aliphatic carbocycles. The second-order valence-electron chi connectivity index (χ2n) is 4.75. The second kappa shape index (κ2) is 7.58. The number of carbonyl (C=O) groups excluding carboxylic acids is 3. The smallest absolute Gasteiger partial charge is 0.434 e. The van der Waals surface area contributed by atoms with Crippen LogP contribution in [0, 0.1) is 5.21 Å². The first-order valence-electron chi connectivity index (χ1n) is 6.89. The fraction of sp³-hybridized carbons (Fsp3) is 0.727. The minimum atomic E-state index is -0.807. The Morgan fingerprint density at radius 1 is 1.22 bits per heavy atom. The molecule has 23 heavy (non-hydrogen) atoms. The van der Waals surface area contributed by atoms with E-state index in [1.807, 2.05) is 0 Å². The molecule has 0 bridgehead atoms. The molecule has 2 saturated heterocycles. The third-order valence-electron chi connectivity index (χ3n) is 3.23. The number of hydroxylamine groups is 2. The van der Waals surface area contributed by atoms with E-state index < -0.39 is 17.9 Å². The predicted molar refractivity (Wildman–Crippen MR) is 69.7 cm³/mol. The Morgan fingerprint density at radius 2 is 1.83 bits per heavy atom. The SMILES string of the molecule is COCO/N=[N+](/[O-])N1CCN(C(=O)ON2C(=O)CCC2=O)CC1. The lowest BCUT2D eigenvalue weighted by molar-refractivity contribution is -0.713. The highest BCUT2D eigenvalue weighted by atomic mass is 16.8. The fourth-order valence-electron chi connectivity index (χ4n) is 2.02. The lowest BCUT2D eigenvalue weighted by atomic mass is 10.4. The average molecular weight is 331 g/mol. The molecule has 3 amide bonds. The number of hydrazine groups is 1. The number of hydrogen-bond acceptors (Lipinski definition) is 8. The van der Waals surface area contributed by atoms with E-state index in [-0.39, 0.29) is 50.8 Å². The standard InChI is InChI=1S/C11H17N5O7/c1-21-8-22-12-16(20)14-6-4-13(5-7-14)11(19)23-15-9(17)2-3-10(15)18/h2-8H2,1H3/b16-12+. The summed E-state index contributed by atoms with van der Waals surface area (Å²) in [5.41, 5.74) is 0. The van der Waals surface area contributed by atoms with E-state index in [0.717, 1.165) is 0 Å². The van der Waals surface area contributed by atoms with Gasteiger partial charge in [0.25, 0.3) is 11.8 Å². The molecule has 12 nitrogen and oxygen atoms in total. The zero-order chi connectivity index (χ0) is 16.8. The van der Waals surface area contributed by atoms with Crippen LogP contribution >= 0.6 is 0 Å².